The molecule has 90 valence electrons. The molecule has 2 rings (SSSR count). The van der Waals surface area contributed by atoms with E-state index in [9.17, 15) is 5.11 Å². The highest BCUT2D eigenvalue weighted by Gasteiger charge is 2.08. The van der Waals surface area contributed by atoms with E-state index in [1.807, 2.05) is 36.0 Å². The third kappa shape index (κ3) is 2.91. The molecule has 0 aliphatic heterocycles. The fraction of sp³-hybridized carbons (Fsp3) is 0.250. The molecule has 0 saturated carbocycles. The second kappa shape index (κ2) is 5.25. The molecule has 0 radical (unpaired) electrons. The lowest BCUT2D eigenvalue weighted by Gasteiger charge is -2.09. The van der Waals surface area contributed by atoms with Gasteiger partial charge < -0.3 is 9.67 Å². The van der Waals surface area contributed by atoms with Gasteiger partial charge in [-0.05, 0) is 24.6 Å². The third-order valence-electron chi connectivity index (χ3n) is 2.41. The van der Waals surface area contributed by atoms with Gasteiger partial charge in [-0.2, -0.15) is 0 Å². The fourth-order valence-electron chi connectivity index (χ4n) is 1.47. The fourth-order valence-corrected chi connectivity index (χ4v) is 3.17. The Morgan fingerprint density at radius 2 is 2.24 bits per heavy atom. The molecule has 0 saturated heterocycles. The quantitative estimate of drug-likeness (QED) is 0.944. The van der Waals surface area contributed by atoms with Crippen molar-refractivity contribution < 1.29 is 5.11 Å². The van der Waals surface area contributed by atoms with E-state index in [1.54, 1.807) is 24.9 Å². The van der Waals surface area contributed by atoms with E-state index in [2.05, 4.69) is 20.9 Å². The van der Waals surface area contributed by atoms with Gasteiger partial charge in [0.15, 0.2) is 5.16 Å². The van der Waals surface area contributed by atoms with Crippen molar-refractivity contribution in [2.24, 2.45) is 7.05 Å². The average molecular weight is 313 g/mol. The van der Waals surface area contributed by atoms with E-state index in [0.29, 0.717) is 0 Å². The molecular formula is C12H13BrN2OS. The number of aliphatic hydroxyl groups is 1. The summed E-state index contributed by atoms with van der Waals surface area (Å²) in [4.78, 5) is 5.35. The predicted octanol–water partition coefficient (Wildman–Crippen LogP) is 3.39. The lowest BCUT2D eigenvalue weighted by molar-refractivity contribution is 0.198. The number of halogens is 1. The Labute approximate surface area is 113 Å². The van der Waals surface area contributed by atoms with E-state index in [-0.39, 0.29) is 0 Å². The van der Waals surface area contributed by atoms with Crippen LogP contribution in [0.15, 0.2) is 45.1 Å². The number of aromatic nitrogens is 2. The van der Waals surface area contributed by atoms with Crippen LogP contribution in [0, 0.1) is 0 Å². The van der Waals surface area contributed by atoms with Crippen LogP contribution < -0.4 is 0 Å². The summed E-state index contributed by atoms with van der Waals surface area (Å²) in [5, 5.41) is 10.5. The molecule has 0 unspecified atom stereocenters. The number of nitrogens with zero attached hydrogens (tertiary/aromatic N) is 2. The number of hydrogen-bond acceptors (Lipinski definition) is 3. The molecule has 0 fully saturated rings. The van der Waals surface area contributed by atoms with Gasteiger partial charge in [-0.3, -0.25) is 0 Å². The van der Waals surface area contributed by atoms with Crippen LogP contribution in [-0.2, 0) is 7.05 Å². The zero-order valence-electron chi connectivity index (χ0n) is 9.59. The summed E-state index contributed by atoms with van der Waals surface area (Å²) in [7, 11) is 1.97. The molecular weight excluding hydrogens is 300 g/mol. The molecule has 5 heteroatoms. The van der Waals surface area contributed by atoms with Crippen LogP contribution in [0.1, 0.15) is 18.6 Å². The average Bonchev–Trinajstić information content (AvgIpc) is 2.64. The molecule has 0 aliphatic rings. The molecule has 0 bridgehead atoms. The Hall–Kier alpha value is -0.780. The molecule has 1 atom stereocenters. The Morgan fingerprint density at radius 3 is 2.76 bits per heavy atom. The number of imidazole rings is 1. The van der Waals surface area contributed by atoms with E-state index < -0.39 is 6.10 Å². The summed E-state index contributed by atoms with van der Waals surface area (Å²) in [5.74, 6) is 0. The minimum absolute atomic E-state index is 0.461. The second-order valence-corrected chi connectivity index (χ2v) is 5.68. The van der Waals surface area contributed by atoms with E-state index in [1.165, 1.54) is 0 Å². The molecule has 1 N–H and O–H groups in total. The molecule has 3 nitrogen and oxygen atoms in total. The number of benzene rings is 1. The molecule has 0 spiro atoms. The maximum atomic E-state index is 9.54. The first kappa shape index (κ1) is 12.7. The topological polar surface area (TPSA) is 38.1 Å². The molecule has 2 aromatic rings. The van der Waals surface area contributed by atoms with Crippen molar-refractivity contribution in [1.82, 2.24) is 9.55 Å². The highest BCUT2D eigenvalue weighted by atomic mass is 79.9. The molecule has 0 aliphatic carbocycles. The van der Waals surface area contributed by atoms with Crippen molar-refractivity contribution in [2.45, 2.75) is 23.1 Å². The largest absolute Gasteiger partial charge is 0.389 e. The Morgan fingerprint density at radius 1 is 1.47 bits per heavy atom. The first-order chi connectivity index (χ1) is 8.08. The maximum absolute atomic E-state index is 9.54. The Balaban J connectivity index is 2.24. The maximum Gasteiger partial charge on any atom is 0.172 e. The molecule has 0 amide bonds. The lowest BCUT2D eigenvalue weighted by Crippen LogP contribution is -1.93. The summed E-state index contributed by atoms with van der Waals surface area (Å²) in [6, 6.07) is 5.92. The van der Waals surface area contributed by atoms with Crippen LogP contribution >= 0.6 is 27.7 Å². The first-order valence-electron chi connectivity index (χ1n) is 5.20. The Kier molecular flexibility index (Phi) is 3.91. The summed E-state index contributed by atoms with van der Waals surface area (Å²) in [6.45, 7) is 1.76. The van der Waals surface area contributed by atoms with Crippen molar-refractivity contribution >= 4 is 27.7 Å². The van der Waals surface area contributed by atoms with Crippen LogP contribution in [0.3, 0.4) is 0 Å². The van der Waals surface area contributed by atoms with Gasteiger partial charge in [0.2, 0.25) is 0 Å². The number of aryl methyl sites for hydroxylation is 1. The zero-order valence-corrected chi connectivity index (χ0v) is 12.0. The van der Waals surface area contributed by atoms with Gasteiger partial charge in [-0.15, -0.1) is 0 Å². The predicted molar refractivity (Wildman–Crippen MR) is 72.1 cm³/mol. The standard InChI is InChI=1S/C12H13BrN2OS/c1-8(16)10-4-3-9(7-11(10)13)17-12-14-5-6-15(12)2/h3-8,16H,1-2H3/t8-/m1/s1. The van der Waals surface area contributed by atoms with Gasteiger partial charge in [0, 0.05) is 28.8 Å². The monoisotopic (exact) mass is 312 g/mol. The molecule has 1 aromatic heterocycles. The van der Waals surface area contributed by atoms with Crippen LogP contribution in [0.5, 0.6) is 0 Å². The van der Waals surface area contributed by atoms with Crippen molar-refractivity contribution in [3.8, 4) is 0 Å². The van der Waals surface area contributed by atoms with Gasteiger partial charge in [0.05, 0.1) is 6.10 Å². The highest BCUT2D eigenvalue weighted by molar-refractivity contribution is 9.10. The van der Waals surface area contributed by atoms with Gasteiger partial charge in [-0.1, -0.05) is 33.8 Å². The van der Waals surface area contributed by atoms with Crippen LogP contribution in [0.2, 0.25) is 0 Å². The van der Waals surface area contributed by atoms with Crippen LogP contribution in [0.4, 0.5) is 0 Å². The normalized spacial score (nSPS) is 12.7. The number of aliphatic hydroxyl groups excluding tert-OH is 1. The molecule has 17 heavy (non-hydrogen) atoms. The number of hydrogen-bond donors (Lipinski definition) is 1. The smallest absolute Gasteiger partial charge is 0.172 e. The molecule has 1 aromatic carbocycles. The lowest BCUT2D eigenvalue weighted by atomic mass is 10.1. The summed E-state index contributed by atoms with van der Waals surface area (Å²) < 4.78 is 2.90. The van der Waals surface area contributed by atoms with Gasteiger partial charge in [0.25, 0.3) is 0 Å². The van der Waals surface area contributed by atoms with Gasteiger partial charge in [-0.25, -0.2) is 4.98 Å². The van der Waals surface area contributed by atoms with Crippen molar-refractivity contribution in [1.29, 1.82) is 0 Å². The molecule has 1 heterocycles. The van der Waals surface area contributed by atoms with Crippen molar-refractivity contribution in [3.63, 3.8) is 0 Å². The van der Waals surface area contributed by atoms with Crippen LogP contribution in [0.25, 0.3) is 0 Å². The minimum atomic E-state index is -0.461. The Bertz CT molecular complexity index is 525. The van der Waals surface area contributed by atoms with E-state index >= 15 is 0 Å². The second-order valence-electron chi connectivity index (χ2n) is 3.78. The summed E-state index contributed by atoms with van der Waals surface area (Å²) in [6.07, 6.45) is 3.24. The zero-order chi connectivity index (χ0) is 12.4. The number of rotatable bonds is 3. The highest BCUT2D eigenvalue weighted by Crippen LogP contribution is 2.31. The minimum Gasteiger partial charge on any atom is -0.389 e. The van der Waals surface area contributed by atoms with Gasteiger partial charge in [0.1, 0.15) is 0 Å². The van der Waals surface area contributed by atoms with Crippen LogP contribution in [-0.4, -0.2) is 14.7 Å². The van der Waals surface area contributed by atoms with E-state index in [4.69, 9.17) is 0 Å². The van der Waals surface area contributed by atoms with Crippen molar-refractivity contribution in [2.75, 3.05) is 0 Å². The van der Waals surface area contributed by atoms with Crippen molar-refractivity contribution in [3.05, 3.63) is 40.6 Å². The van der Waals surface area contributed by atoms with Gasteiger partial charge >= 0.3 is 0 Å². The summed E-state index contributed by atoms with van der Waals surface area (Å²) in [5.41, 5.74) is 0.897. The SMILES string of the molecule is C[C@@H](O)c1ccc(Sc2nccn2C)cc1Br. The third-order valence-corrected chi connectivity index (χ3v) is 4.16. The summed E-state index contributed by atoms with van der Waals surface area (Å²) >= 11 is 5.07. The van der Waals surface area contributed by atoms with E-state index in [0.717, 1.165) is 20.1 Å². The first-order valence-corrected chi connectivity index (χ1v) is 6.81.